The van der Waals surface area contributed by atoms with Crippen LogP contribution in [0.25, 0.3) is 0 Å². The number of hydrogen-bond donors (Lipinski definition) is 6. The molecule has 0 aliphatic heterocycles. The molecule has 17 nitrogen and oxygen atoms in total. The molecular formula is C50H94O17. The van der Waals surface area contributed by atoms with E-state index in [1.165, 1.54) is 7.11 Å². The highest BCUT2D eigenvalue weighted by Gasteiger charge is 2.28. The Kier molecular flexibility index (Phi) is 39.8. The van der Waals surface area contributed by atoms with Crippen LogP contribution in [-0.4, -0.2) is 155 Å². The lowest BCUT2D eigenvalue weighted by Crippen LogP contribution is -2.35. The highest BCUT2D eigenvalue weighted by molar-refractivity contribution is 5.70. The SMILES string of the molecule is COC(=O)CCCCCCCC(OC(C)C)C(CCCCCCOC(=O)CCCC(O)C(CCOC(C)C)OC(=O)CCCC(O)C(O)CCOC(C)C)OC(=O)CCCC(O)C(O)CCO. The van der Waals surface area contributed by atoms with Gasteiger partial charge in [0.05, 0.1) is 75.3 Å². The van der Waals surface area contributed by atoms with Gasteiger partial charge in [-0.2, -0.15) is 0 Å². The molecule has 6 N–H and O–H groups in total. The molecule has 67 heavy (non-hydrogen) atoms. The first kappa shape index (κ1) is 64.5. The first-order valence-corrected chi connectivity index (χ1v) is 25.4. The third-order valence-electron chi connectivity index (χ3n) is 11.3. The second-order valence-electron chi connectivity index (χ2n) is 18.5. The molecule has 0 aromatic rings. The van der Waals surface area contributed by atoms with E-state index < -0.39 is 54.7 Å². The van der Waals surface area contributed by atoms with Crippen LogP contribution in [0.2, 0.25) is 0 Å². The molecule has 0 bridgehead atoms. The molecule has 0 radical (unpaired) electrons. The van der Waals surface area contributed by atoms with Crippen molar-refractivity contribution < 1.29 is 83.0 Å². The lowest BCUT2D eigenvalue weighted by molar-refractivity contribution is -0.162. The molecular weight excluding hydrogens is 873 g/mol. The van der Waals surface area contributed by atoms with E-state index in [0.717, 1.165) is 51.4 Å². The van der Waals surface area contributed by atoms with Crippen molar-refractivity contribution in [2.24, 2.45) is 0 Å². The summed E-state index contributed by atoms with van der Waals surface area (Å²) < 4.78 is 39.2. The van der Waals surface area contributed by atoms with Gasteiger partial charge in [-0.3, -0.25) is 19.2 Å². The van der Waals surface area contributed by atoms with Crippen LogP contribution in [0.3, 0.4) is 0 Å². The van der Waals surface area contributed by atoms with Gasteiger partial charge in [0, 0.05) is 45.3 Å². The quantitative estimate of drug-likeness (QED) is 0.0221. The Labute approximate surface area is 402 Å². The fourth-order valence-corrected chi connectivity index (χ4v) is 7.40. The van der Waals surface area contributed by atoms with E-state index in [0.29, 0.717) is 51.6 Å². The molecule has 0 aliphatic carbocycles. The Hall–Kier alpha value is -2.48. The molecule has 0 heterocycles. The number of esters is 4. The number of rotatable bonds is 45. The summed E-state index contributed by atoms with van der Waals surface area (Å²) in [6, 6.07) is 0. The van der Waals surface area contributed by atoms with Crippen LogP contribution in [0.5, 0.6) is 0 Å². The Morgan fingerprint density at radius 1 is 0.388 bits per heavy atom. The molecule has 0 spiro atoms. The van der Waals surface area contributed by atoms with Crippen molar-refractivity contribution in [2.45, 2.75) is 263 Å². The monoisotopic (exact) mass is 967 g/mol. The zero-order valence-electron chi connectivity index (χ0n) is 42.3. The summed E-state index contributed by atoms with van der Waals surface area (Å²) in [6.45, 7) is 12.0. The Bertz CT molecular complexity index is 1230. The smallest absolute Gasteiger partial charge is 0.306 e. The van der Waals surface area contributed by atoms with Crippen LogP contribution < -0.4 is 0 Å². The minimum absolute atomic E-state index is 0.00392. The van der Waals surface area contributed by atoms with E-state index >= 15 is 0 Å². The zero-order valence-corrected chi connectivity index (χ0v) is 42.3. The van der Waals surface area contributed by atoms with Crippen LogP contribution in [0.4, 0.5) is 0 Å². The number of aliphatic hydroxyl groups excluding tert-OH is 6. The van der Waals surface area contributed by atoms with Crippen molar-refractivity contribution in [3.63, 3.8) is 0 Å². The Morgan fingerprint density at radius 3 is 1.36 bits per heavy atom. The van der Waals surface area contributed by atoms with Crippen molar-refractivity contribution in [2.75, 3.05) is 33.5 Å². The van der Waals surface area contributed by atoms with Crippen LogP contribution in [0, 0.1) is 0 Å². The highest BCUT2D eigenvalue weighted by Crippen LogP contribution is 2.23. The third-order valence-corrected chi connectivity index (χ3v) is 11.3. The van der Waals surface area contributed by atoms with E-state index in [1.54, 1.807) is 0 Å². The molecule has 0 rings (SSSR count). The number of methoxy groups -OCH3 is 1. The summed E-state index contributed by atoms with van der Waals surface area (Å²) in [5.74, 6) is -1.54. The largest absolute Gasteiger partial charge is 0.469 e. The first-order valence-electron chi connectivity index (χ1n) is 25.4. The van der Waals surface area contributed by atoms with Crippen LogP contribution in [-0.2, 0) is 52.3 Å². The summed E-state index contributed by atoms with van der Waals surface area (Å²) in [5, 5.41) is 60.6. The topological polar surface area (TPSA) is 254 Å². The maximum Gasteiger partial charge on any atom is 0.306 e. The first-order chi connectivity index (χ1) is 31.9. The standard InChI is InChI=1S/C50H94O17/c1-36(2)62-34-30-42(55)40(53)21-18-27-49(59)66-44(31-35-63-37(3)4)43(56)22-19-26-48(58)64-33-16-12-11-14-24-46(67-50(60)28-17-20-39(52)41(54)29-32-51)45(65-38(5)6)23-13-9-8-10-15-25-47(57)61-7/h36-46,51-56H,8-35H2,1-7H3. The fraction of sp³-hybridized carbons (Fsp3) is 0.920. The molecule has 0 fully saturated rings. The molecule has 0 aliphatic rings. The Morgan fingerprint density at radius 2 is 0.821 bits per heavy atom. The normalized spacial score (nSPS) is 15.5. The number of aliphatic hydroxyl groups is 6. The van der Waals surface area contributed by atoms with Crippen LogP contribution in [0.1, 0.15) is 196 Å². The number of unbranched alkanes of at least 4 members (excludes halogenated alkanes) is 7. The molecule has 0 aromatic carbocycles. The maximum absolute atomic E-state index is 13.0. The van der Waals surface area contributed by atoms with E-state index in [9.17, 15) is 44.7 Å². The number of hydrogen-bond acceptors (Lipinski definition) is 17. The minimum Gasteiger partial charge on any atom is -0.469 e. The van der Waals surface area contributed by atoms with Gasteiger partial charge in [0.15, 0.2) is 0 Å². The van der Waals surface area contributed by atoms with Gasteiger partial charge in [0.25, 0.3) is 0 Å². The van der Waals surface area contributed by atoms with E-state index in [1.807, 2.05) is 41.5 Å². The molecule has 0 saturated heterocycles. The van der Waals surface area contributed by atoms with Crippen molar-refractivity contribution in [3.05, 3.63) is 0 Å². The summed E-state index contributed by atoms with van der Waals surface area (Å²) in [4.78, 5) is 49.8. The lowest BCUT2D eigenvalue weighted by Gasteiger charge is -2.29. The zero-order chi connectivity index (χ0) is 50.4. The van der Waals surface area contributed by atoms with Crippen LogP contribution in [0.15, 0.2) is 0 Å². The summed E-state index contributed by atoms with van der Waals surface area (Å²) in [5.41, 5.74) is 0. The molecule has 0 aromatic heterocycles. The van der Waals surface area contributed by atoms with Gasteiger partial charge in [-0.1, -0.05) is 38.5 Å². The average molecular weight is 967 g/mol. The van der Waals surface area contributed by atoms with Gasteiger partial charge in [-0.25, -0.2) is 0 Å². The number of carbonyl (C=O) groups is 4. The summed E-state index contributed by atoms with van der Waals surface area (Å²) in [6.07, 6.45) is 4.50. The second kappa shape index (κ2) is 41.3. The van der Waals surface area contributed by atoms with Crippen LogP contribution >= 0.6 is 0 Å². The maximum atomic E-state index is 13.0. The summed E-state index contributed by atoms with van der Waals surface area (Å²) >= 11 is 0. The van der Waals surface area contributed by atoms with Gasteiger partial charge < -0.3 is 63.8 Å². The molecule has 17 heteroatoms. The van der Waals surface area contributed by atoms with Gasteiger partial charge in [-0.15, -0.1) is 0 Å². The third kappa shape index (κ3) is 37.1. The van der Waals surface area contributed by atoms with Gasteiger partial charge >= 0.3 is 23.9 Å². The van der Waals surface area contributed by atoms with Crippen molar-refractivity contribution >= 4 is 23.9 Å². The van der Waals surface area contributed by atoms with Gasteiger partial charge in [0.2, 0.25) is 0 Å². The van der Waals surface area contributed by atoms with E-state index in [2.05, 4.69) is 0 Å². The fourth-order valence-electron chi connectivity index (χ4n) is 7.40. The molecule has 0 amide bonds. The highest BCUT2D eigenvalue weighted by atomic mass is 16.6. The predicted molar refractivity (Wildman–Crippen MR) is 253 cm³/mol. The molecule has 0 saturated carbocycles. The van der Waals surface area contributed by atoms with Gasteiger partial charge in [0.1, 0.15) is 12.2 Å². The Balaban J connectivity index is 5.00. The van der Waals surface area contributed by atoms with Crippen molar-refractivity contribution in [3.8, 4) is 0 Å². The molecule has 8 unspecified atom stereocenters. The predicted octanol–water partition coefficient (Wildman–Crippen LogP) is 6.33. The average Bonchev–Trinajstić information content (AvgIpc) is 3.26. The molecule has 8 atom stereocenters. The lowest BCUT2D eigenvalue weighted by atomic mass is 9.99. The minimum atomic E-state index is -1.06. The molecule has 396 valence electrons. The van der Waals surface area contributed by atoms with Gasteiger partial charge in [-0.05, 0) is 125 Å². The summed E-state index contributed by atoms with van der Waals surface area (Å²) in [7, 11) is 1.39. The number of ether oxygens (including phenoxy) is 7. The van der Waals surface area contributed by atoms with E-state index in [4.69, 9.17) is 38.3 Å². The second-order valence-corrected chi connectivity index (χ2v) is 18.5. The number of carbonyl (C=O) groups excluding carboxylic acids is 4. The van der Waals surface area contributed by atoms with E-state index in [-0.39, 0.29) is 114 Å². The van der Waals surface area contributed by atoms with Crippen molar-refractivity contribution in [1.29, 1.82) is 0 Å². The van der Waals surface area contributed by atoms with Crippen molar-refractivity contribution in [1.82, 2.24) is 0 Å².